The molecule has 1 heterocycles. The summed E-state index contributed by atoms with van der Waals surface area (Å²) < 4.78 is 16.1. The lowest BCUT2D eigenvalue weighted by atomic mass is 9.83. The van der Waals surface area contributed by atoms with Gasteiger partial charge in [0.05, 0.1) is 13.7 Å². The second kappa shape index (κ2) is 7.48. The molecule has 1 aromatic carbocycles. The van der Waals surface area contributed by atoms with E-state index in [-0.39, 0.29) is 6.61 Å². The highest BCUT2D eigenvalue weighted by Crippen LogP contribution is 2.34. The fourth-order valence-electron chi connectivity index (χ4n) is 2.85. The van der Waals surface area contributed by atoms with E-state index in [2.05, 4.69) is 0 Å². The van der Waals surface area contributed by atoms with Crippen LogP contribution in [0.2, 0.25) is 0 Å². The standard InChI is InChI=1S/C20H29NO6/c1-18(2,3)27-17(23)19(4,24)20(5)16(22)21(11-12-26-20)13-14-7-9-15(25-6)10-8-14/h7-10,24H,11-13H2,1-6H3. The number of aliphatic hydroxyl groups is 1. The Bertz CT molecular complexity index is 691. The minimum Gasteiger partial charge on any atom is -0.497 e. The average molecular weight is 379 g/mol. The number of morpholine rings is 1. The number of methoxy groups -OCH3 is 1. The van der Waals surface area contributed by atoms with Crippen LogP contribution in [-0.4, -0.2) is 58.9 Å². The predicted molar refractivity (Wildman–Crippen MR) is 99.2 cm³/mol. The lowest BCUT2D eigenvalue weighted by Crippen LogP contribution is -2.68. The fraction of sp³-hybridized carbons (Fsp3) is 0.600. The third kappa shape index (κ3) is 4.42. The third-order valence-corrected chi connectivity index (χ3v) is 4.71. The Kier molecular flexibility index (Phi) is 5.87. The number of carbonyl (C=O) groups is 2. The summed E-state index contributed by atoms with van der Waals surface area (Å²) in [7, 11) is 1.59. The lowest BCUT2D eigenvalue weighted by molar-refractivity contribution is -0.225. The highest BCUT2D eigenvalue weighted by molar-refractivity contribution is 5.95. The molecule has 0 aromatic heterocycles. The van der Waals surface area contributed by atoms with Gasteiger partial charge in [0.2, 0.25) is 0 Å². The van der Waals surface area contributed by atoms with E-state index in [1.54, 1.807) is 32.8 Å². The molecule has 1 aromatic rings. The van der Waals surface area contributed by atoms with Crippen LogP contribution in [0.3, 0.4) is 0 Å². The van der Waals surface area contributed by atoms with Crippen molar-refractivity contribution in [2.24, 2.45) is 0 Å². The smallest absolute Gasteiger partial charge is 0.341 e. The number of amides is 1. The van der Waals surface area contributed by atoms with Gasteiger partial charge in [-0.25, -0.2) is 4.79 Å². The highest BCUT2D eigenvalue weighted by Gasteiger charge is 2.59. The Balaban J connectivity index is 2.21. The quantitative estimate of drug-likeness (QED) is 0.787. The first kappa shape index (κ1) is 21.2. The summed E-state index contributed by atoms with van der Waals surface area (Å²) in [6.45, 7) is 8.69. The Hall–Kier alpha value is -2.12. The second-order valence-electron chi connectivity index (χ2n) is 8.03. The van der Waals surface area contributed by atoms with E-state index >= 15 is 0 Å². The van der Waals surface area contributed by atoms with Crippen LogP contribution in [0.1, 0.15) is 40.2 Å². The summed E-state index contributed by atoms with van der Waals surface area (Å²) in [6.07, 6.45) is 0. The molecule has 1 amide bonds. The summed E-state index contributed by atoms with van der Waals surface area (Å²) in [5, 5.41) is 10.9. The molecule has 0 aliphatic carbocycles. The molecule has 1 N–H and O–H groups in total. The SMILES string of the molecule is COc1ccc(CN2CCOC(C)(C(C)(O)C(=O)OC(C)(C)C)C2=O)cc1. The maximum atomic E-state index is 13.1. The number of carbonyl (C=O) groups excluding carboxylic acids is 2. The minimum atomic E-state index is -2.13. The van der Waals surface area contributed by atoms with E-state index in [0.717, 1.165) is 11.3 Å². The Morgan fingerprint density at radius 2 is 1.85 bits per heavy atom. The van der Waals surface area contributed by atoms with Crippen LogP contribution < -0.4 is 4.74 Å². The van der Waals surface area contributed by atoms with E-state index in [9.17, 15) is 14.7 Å². The van der Waals surface area contributed by atoms with Crippen molar-refractivity contribution in [2.75, 3.05) is 20.3 Å². The maximum absolute atomic E-state index is 13.1. The molecule has 1 aliphatic heterocycles. The van der Waals surface area contributed by atoms with Crippen LogP contribution >= 0.6 is 0 Å². The Morgan fingerprint density at radius 3 is 2.37 bits per heavy atom. The van der Waals surface area contributed by atoms with Gasteiger partial charge in [0, 0.05) is 13.1 Å². The molecule has 0 bridgehead atoms. The summed E-state index contributed by atoms with van der Waals surface area (Å²) in [5.74, 6) is -0.623. The van der Waals surface area contributed by atoms with Crippen LogP contribution in [0.15, 0.2) is 24.3 Å². The Morgan fingerprint density at radius 1 is 1.26 bits per heavy atom. The maximum Gasteiger partial charge on any atom is 0.341 e. The average Bonchev–Trinajstić information content (AvgIpc) is 2.58. The number of esters is 1. The number of ether oxygens (including phenoxy) is 3. The molecule has 1 fully saturated rings. The Labute approximate surface area is 160 Å². The summed E-state index contributed by atoms with van der Waals surface area (Å²) in [6, 6.07) is 7.36. The van der Waals surface area contributed by atoms with Gasteiger partial charge in [-0.3, -0.25) is 4.79 Å². The molecule has 7 nitrogen and oxygen atoms in total. The van der Waals surface area contributed by atoms with Gasteiger partial charge in [-0.1, -0.05) is 12.1 Å². The van der Waals surface area contributed by atoms with E-state index in [1.165, 1.54) is 13.8 Å². The zero-order valence-corrected chi connectivity index (χ0v) is 16.9. The number of benzene rings is 1. The van der Waals surface area contributed by atoms with Gasteiger partial charge in [0.1, 0.15) is 11.4 Å². The highest BCUT2D eigenvalue weighted by atomic mass is 16.6. The number of hydrogen-bond donors (Lipinski definition) is 1. The normalized spacial score (nSPS) is 22.9. The van der Waals surface area contributed by atoms with E-state index in [1.807, 2.05) is 24.3 Å². The van der Waals surface area contributed by atoms with Gasteiger partial charge in [-0.05, 0) is 52.3 Å². The van der Waals surface area contributed by atoms with Crippen LogP contribution in [0, 0.1) is 0 Å². The van der Waals surface area contributed by atoms with Crippen molar-refractivity contribution >= 4 is 11.9 Å². The molecule has 27 heavy (non-hydrogen) atoms. The minimum absolute atomic E-state index is 0.206. The van der Waals surface area contributed by atoms with Gasteiger partial charge in [0.15, 0.2) is 11.2 Å². The van der Waals surface area contributed by atoms with Crippen molar-refractivity contribution in [1.29, 1.82) is 0 Å². The first-order valence-electron chi connectivity index (χ1n) is 8.93. The lowest BCUT2D eigenvalue weighted by Gasteiger charge is -2.46. The molecule has 150 valence electrons. The van der Waals surface area contributed by atoms with Gasteiger partial charge in [0.25, 0.3) is 5.91 Å². The fourth-order valence-corrected chi connectivity index (χ4v) is 2.85. The number of hydrogen-bond acceptors (Lipinski definition) is 6. The monoisotopic (exact) mass is 379 g/mol. The summed E-state index contributed by atoms with van der Waals surface area (Å²) in [4.78, 5) is 27.2. The van der Waals surface area contributed by atoms with Crippen LogP contribution in [0.5, 0.6) is 5.75 Å². The van der Waals surface area contributed by atoms with Crippen LogP contribution in [-0.2, 0) is 25.6 Å². The van der Waals surface area contributed by atoms with Gasteiger partial charge < -0.3 is 24.2 Å². The number of nitrogens with zero attached hydrogens (tertiary/aromatic N) is 1. The van der Waals surface area contributed by atoms with E-state index < -0.39 is 28.7 Å². The van der Waals surface area contributed by atoms with Crippen LogP contribution in [0.25, 0.3) is 0 Å². The predicted octanol–water partition coefficient (Wildman–Crippen LogP) is 1.91. The first-order chi connectivity index (χ1) is 12.4. The molecule has 1 aliphatic rings. The van der Waals surface area contributed by atoms with Crippen molar-refractivity contribution < 1.29 is 28.9 Å². The van der Waals surface area contributed by atoms with E-state index in [4.69, 9.17) is 14.2 Å². The zero-order valence-electron chi connectivity index (χ0n) is 16.9. The molecule has 0 spiro atoms. The molecule has 7 heteroatoms. The zero-order chi connectivity index (χ0) is 20.5. The molecular weight excluding hydrogens is 350 g/mol. The van der Waals surface area contributed by atoms with E-state index in [0.29, 0.717) is 13.1 Å². The molecule has 1 saturated heterocycles. The van der Waals surface area contributed by atoms with Gasteiger partial charge in [-0.15, -0.1) is 0 Å². The topological polar surface area (TPSA) is 85.3 Å². The van der Waals surface area contributed by atoms with Crippen LogP contribution in [0.4, 0.5) is 0 Å². The second-order valence-corrected chi connectivity index (χ2v) is 8.03. The van der Waals surface area contributed by atoms with Crippen molar-refractivity contribution in [2.45, 2.75) is 58.0 Å². The van der Waals surface area contributed by atoms with Crippen molar-refractivity contribution in [1.82, 2.24) is 4.90 Å². The molecule has 0 radical (unpaired) electrons. The molecule has 2 rings (SSSR count). The molecular formula is C20H29NO6. The van der Waals surface area contributed by atoms with Crippen molar-refractivity contribution in [3.8, 4) is 5.75 Å². The molecule has 2 unspecified atom stereocenters. The van der Waals surface area contributed by atoms with Crippen molar-refractivity contribution in [3.63, 3.8) is 0 Å². The summed E-state index contributed by atoms with van der Waals surface area (Å²) >= 11 is 0. The molecule has 2 atom stereocenters. The third-order valence-electron chi connectivity index (χ3n) is 4.71. The largest absolute Gasteiger partial charge is 0.497 e. The van der Waals surface area contributed by atoms with Gasteiger partial charge >= 0.3 is 5.97 Å². The first-order valence-corrected chi connectivity index (χ1v) is 8.93. The van der Waals surface area contributed by atoms with Gasteiger partial charge in [-0.2, -0.15) is 0 Å². The van der Waals surface area contributed by atoms with Crippen molar-refractivity contribution in [3.05, 3.63) is 29.8 Å². The number of rotatable bonds is 5. The summed E-state index contributed by atoms with van der Waals surface area (Å²) in [5.41, 5.74) is -3.75. The molecule has 0 saturated carbocycles.